The molecule has 0 saturated carbocycles. The summed E-state index contributed by atoms with van der Waals surface area (Å²) in [7, 11) is 0. The number of amides is 1. The fraction of sp³-hybridized carbons (Fsp3) is 0.0526. The number of halogens is 1. The number of aromatic nitrogens is 3. The Morgan fingerprint density at radius 1 is 1.08 bits per heavy atom. The zero-order valence-electron chi connectivity index (χ0n) is 13.7. The number of carbonyl (C=O) groups excluding carboxylic acids is 1. The summed E-state index contributed by atoms with van der Waals surface area (Å²) in [4.78, 5) is 17.4. The summed E-state index contributed by atoms with van der Waals surface area (Å²) in [5.41, 5.74) is 2.50. The van der Waals surface area contributed by atoms with Gasteiger partial charge in [-0.3, -0.25) is 10.1 Å². The zero-order chi connectivity index (χ0) is 18.1. The maximum Gasteiger partial charge on any atom is 0.258 e. The third-order valence-corrected chi connectivity index (χ3v) is 4.60. The maximum absolute atomic E-state index is 13.2. The van der Waals surface area contributed by atoms with E-state index in [0.717, 1.165) is 16.0 Å². The minimum absolute atomic E-state index is 0.289. The Morgan fingerprint density at radius 3 is 2.58 bits per heavy atom. The van der Waals surface area contributed by atoms with Gasteiger partial charge in [0.1, 0.15) is 10.8 Å². The van der Waals surface area contributed by atoms with Gasteiger partial charge < -0.3 is 0 Å². The fourth-order valence-electron chi connectivity index (χ4n) is 2.64. The molecule has 2 heterocycles. The quantitative estimate of drug-likeness (QED) is 0.583. The van der Waals surface area contributed by atoms with Crippen molar-refractivity contribution in [1.29, 1.82) is 0 Å². The molecule has 26 heavy (non-hydrogen) atoms. The van der Waals surface area contributed by atoms with Crippen LogP contribution in [0.1, 0.15) is 15.4 Å². The predicted molar refractivity (Wildman–Crippen MR) is 99.7 cm³/mol. The summed E-state index contributed by atoms with van der Waals surface area (Å²) in [5.74, 6) is -0.609. The molecule has 128 valence electrons. The van der Waals surface area contributed by atoms with E-state index in [2.05, 4.69) is 20.5 Å². The second-order valence-electron chi connectivity index (χ2n) is 5.66. The van der Waals surface area contributed by atoms with Crippen molar-refractivity contribution in [2.45, 2.75) is 6.92 Å². The first-order valence-electron chi connectivity index (χ1n) is 7.87. The molecule has 4 aromatic rings. The van der Waals surface area contributed by atoms with Crippen molar-refractivity contribution in [3.8, 4) is 11.3 Å². The summed E-state index contributed by atoms with van der Waals surface area (Å²) in [5, 5.41) is 12.6. The summed E-state index contributed by atoms with van der Waals surface area (Å²) >= 11 is 1.31. The number of hydrogen-bond acceptors (Lipinski definition) is 5. The van der Waals surface area contributed by atoms with Crippen molar-refractivity contribution in [2.75, 3.05) is 5.32 Å². The summed E-state index contributed by atoms with van der Waals surface area (Å²) in [6, 6.07) is 15.1. The molecule has 5 nitrogen and oxygen atoms in total. The van der Waals surface area contributed by atoms with Crippen LogP contribution in [0.25, 0.3) is 22.2 Å². The number of benzene rings is 2. The number of nitrogens with zero attached hydrogens (tertiary/aromatic N) is 3. The molecule has 0 aliphatic heterocycles. The van der Waals surface area contributed by atoms with E-state index in [-0.39, 0.29) is 11.7 Å². The largest absolute Gasteiger partial charge is 0.296 e. The van der Waals surface area contributed by atoms with Crippen LogP contribution in [0, 0.1) is 12.7 Å². The van der Waals surface area contributed by atoms with E-state index in [1.165, 1.54) is 23.5 Å². The van der Waals surface area contributed by atoms with Crippen molar-refractivity contribution in [2.24, 2.45) is 0 Å². The lowest BCUT2D eigenvalue weighted by Crippen LogP contribution is -2.13. The molecule has 0 bridgehead atoms. The highest BCUT2D eigenvalue weighted by Gasteiger charge is 2.15. The van der Waals surface area contributed by atoms with E-state index >= 15 is 0 Å². The number of para-hydroxylation sites is 1. The summed E-state index contributed by atoms with van der Waals surface area (Å²) in [6.07, 6.45) is 0. The molecule has 0 spiro atoms. The van der Waals surface area contributed by atoms with E-state index in [0.29, 0.717) is 21.9 Å². The highest BCUT2D eigenvalue weighted by Crippen LogP contribution is 2.26. The first-order chi connectivity index (χ1) is 12.6. The van der Waals surface area contributed by atoms with Gasteiger partial charge in [0.05, 0.1) is 16.8 Å². The Kier molecular flexibility index (Phi) is 4.14. The van der Waals surface area contributed by atoms with Gasteiger partial charge in [-0.05, 0) is 43.3 Å². The van der Waals surface area contributed by atoms with Crippen LogP contribution in [0.4, 0.5) is 9.52 Å². The van der Waals surface area contributed by atoms with Crippen molar-refractivity contribution >= 4 is 33.3 Å². The second-order valence-corrected chi connectivity index (χ2v) is 6.84. The number of pyridine rings is 1. The van der Waals surface area contributed by atoms with Gasteiger partial charge in [-0.2, -0.15) is 0 Å². The van der Waals surface area contributed by atoms with Crippen LogP contribution in [-0.4, -0.2) is 21.1 Å². The van der Waals surface area contributed by atoms with Gasteiger partial charge >= 0.3 is 0 Å². The zero-order valence-corrected chi connectivity index (χ0v) is 14.5. The molecule has 0 atom stereocenters. The first kappa shape index (κ1) is 16.3. The van der Waals surface area contributed by atoms with Crippen molar-refractivity contribution in [3.63, 3.8) is 0 Å². The van der Waals surface area contributed by atoms with Crippen LogP contribution in [0.5, 0.6) is 0 Å². The molecule has 0 unspecified atom stereocenters. The third kappa shape index (κ3) is 3.16. The van der Waals surface area contributed by atoms with Crippen LogP contribution in [-0.2, 0) is 0 Å². The number of rotatable bonds is 3. The van der Waals surface area contributed by atoms with E-state index in [9.17, 15) is 9.18 Å². The average Bonchev–Trinajstić information content (AvgIpc) is 3.06. The molecule has 2 aromatic carbocycles. The lowest BCUT2D eigenvalue weighted by molar-refractivity contribution is 0.102. The normalized spacial score (nSPS) is 10.8. The molecule has 7 heteroatoms. The monoisotopic (exact) mass is 364 g/mol. The molecule has 1 N–H and O–H groups in total. The van der Waals surface area contributed by atoms with E-state index in [4.69, 9.17) is 0 Å². The molecule has 4 rings (SSSR count). The highest BCUT2D eigenvalue weighted by atomic mass is 32.1. The molecule has 1 amide bonds. The van der Waals surface area contributed by atoms with Crippen molar-refractivity contribution in [1.82, 2.24) is 15.2 Å². The minimum Gasteiger partial charge on any atom is -0.296 e. The smallest absolute Gasteiger partial charge is 0.258 e. The average molecular weight is 364 g/mol. The molecule has 0 aliphatic rings. The van der Waals surface area contributed by atoms with Gasteiger partial charge in [-0.25, -0.2) is 9.37 Å². The SMILES string of the molecule is Cc1nnc(NC(=O)c2cc(-c3ccc(F)cc3)nc3ccccc23)s1. The van der Waals surface area contributed by atoms with Gasteiger partial charge in [-0.1, -0.05) is 29.5 Å². The lowest BCUT2D eigenvalue weighted by atomic mass is 10.0. The summed E-state index contributed by atoms with van der Waals surface area (Å²) in [6.45, 7) is 1.82. The van der Waals surface area contributed by atoms with Gasteiger partial charge in [0, 0.05) is 10.9 Å². The topological polar surface area (TPSA) is 67.8 Å². The Balaban J connectivity index is 1.81. The Bertz CT molecular complexity index is 1110. The van der Waals surface area contributed by atoms with Crippen LogP contribution < -0.4 is 5.32 Å². The van der Waals surface area contributed by atoms with E-state index in [1.54, 1.807) is 18.2 Å². The van der Waals surface area contributed by atoms with Gasteiger partial charge in [-0.15, -0.1) is 10.2 Å². The van der Waals surface area contributed by atoms with Crippen LogP contribution in [0.15, 0.2) is 54.6 Å². The molecule has 0 radical (unpaired) electrons. The number of anilines is 1. The Hall–Kier alpha value is -3.19. The fourth-order valence-corrected chi connectivity index (χ4v) is 3.23. The van der Waals surface area contributed by atoms with Gasteiger partial charge in [0.25, 0.3) is 5.91 Å². The van der Waals surface area contributed by atoms with Gasteiger partial charge in [0.15, 0.2) is 0 Å². The number of carbonyl (C=O) groups is 1. The first-order valence-corrected chi connectivity index (χ1v) is 8.69. The van der Waals surface area contributed by atoms with Crippen LogP contribution >= 0.6 is 11.3 Å². The second kappa shape index (κ2) is 6.61. The molecular weight excluding hydrogens is 351 g/mol. The maximum atomic E-state index is 13.2. The molecule has 0 saturated heterocycles. The van der Waals surface area contributed by atoms with E-state index < -0.39 is 0 Å². The highest BCUT2D eigenvalue weighted by molar-refractivity contribution is 7.15. The Labute approximate surface area is 152 Å². The van der Waals surface area contributed by atoms with Crippen molar-refractivity contribution in [3.05, 3.63) is 71.0 Å². The van der Waals surface area contributed by atoms with Crippen molar-refractivity contribution < 1.29 is 9.18 Å². The van der Waals surface area contributed by atoms with E-state index in [1.807, 2.05) is 31.2 Å². The molecule has 0 fully saturated rings. The Morgan fingerprint density at radius 2 is 1.85 bits per heavy atom. The number of hydrogen-bond donors (Lipinski definition) is 1. The minimum atomic E-state index is -0.320. The number of nitrogens with one attached hydrogen (secondary N) is 1. The molecule has 0 aliphatic carbocycles. The number of aryl methyl sites for hydroxylation is 1. The standard InChI is InChI=1S/C19H13FN4OS/c1-11-23-24-19(26-11)22-18(25)15-10-17(12-6-8-13(20)9-7-12)21-16-5-3-2-4-14(15)16/h2-10H,1H3,(H,22,24,25). The number of fused-ring (bicyclic) bond motifs is 1. The van der Waals surface area contributed by atoms with Gasteiger partial charge in [0.2, 0.25) is 5.13 Å². The molecule has 2 aromatic heterocycles. The van der Waals surface area contributed by atoms with Crippen LogP contribution in [0.2, 0.25) is 0 Å². The predicted octanol–water partition coefficient (Wildman–Crippen LogP) is 4.45. The third-order valence-electron chi connectivity index (χ3n) is 3.85. The lowest BCUT2D eigenvalue weighted by Gasteiger charge is -2.09. The molecular formula is C19H13FN4OS. The summed E-state index contributed by atoms with van der Waals surface area (Å²) < 4.78 is 13.2. The van der Waals surface area contributed by atoms with Crippen LogP contribution in [0.3, 0.4) is 0 Å².